The van der Waals surface area contributed by atoms with Crippen LogP contribution in [0.3, 0.4) is 0 Å². The molecular formula is C19H18ClNO2S. The summed E-state index contributed by atoms with van der Waals surface area (Å²) >= 11 is 8.09. The van der Waals surface area contributed by atoms with Gasteiger partial charge in [0.15, 0.2) is 0 Å². The molecule has 5 heteroatoms. The van der Waals surface area contributed by atoms with Gasteiger partial charge in [-0.05, 0) is 30.7 Å². The van der Waals surface area contributed by atoms with Crippen molar-refractivity contribution in [1.29, 1.82) is 0 Å². The van der Waals surface area contributed by atoms with Gasteiger partial charge in [-0.3, -0.25) is 4.79 Å². The average Bonchev–Trinajstić information content (AvgIpc) is 2.90. The monoisotopic (exact) mass is 359 g/mol. The third-order valence-corrected chi connectivity index (χ3v) is 5.49. The van der Waals surface area contributed by atoms with Crippen LogP contribution in [0.25, 0.3) is 10.1 Å². The Balaban J connectivity index is 1.84. The van der Waals surface area contributed by atoms with E-state index in [4.69, 9.17) is 16.3 Å². The Labute approximate surface area is 150 Å². The number of nitrogens with zero attached hydrogens (tertiary/aromatic N) is 1. The fraction of sp³-hybridized carbons (Fsp3) is 0.211. The highest BCUT2D eigenvalue weighted by atomic mass is 35.5. The number of fused-ring (bicyclic) bond motifs is 1. The Morgan fingerprint density at radius 3 is 2.67 bits per heavy atom. The molecule has 3 nitrogen and oxygen atoms in total. The van der Waals surface area contributed by atoms with Gasteiger partial charge in [0.05, 0.1) is 9.90 Å². The van der Waals surface area contributed by atoms with Crippen molar-refractivity contribution >= 4 is 38.9 Å². The lowest BCUT2D eigenvalue weighted by Crippen LogP contribution is -2.21. The van der Waals surface area contributed by atoms with Gasteiger partial charge in [-0.1, -0.05) is 35.9 Å². The highest BCUT2D eigenvalue weighted by Gasteiger charge is 2.13. The topological polar surface area (TPSA) is 29.5 Å². The van der Waals surface area contributed by atoms with Crippen LogP contribution in [0.5, 0.6) is 5.75 Å². The number of hydrogen-bond donors (Lipinski definition) is 0. The van der Waals surface area contributed by atoms with Crippen molar-refractivity contribution in [3.63, 3.8) is 0 Å². The molecule has 0 aliphatic carbocycles. The Bertz CT molecular complexity index is 902. The number of carbonyl (C=O) groups is 1. The Morgan fingerprint density at radius 2 is 1.96 bits per heavy atom. The minimum atomic E-state index is -0.0419. The number of hydrogen-bond acceptors (Lipinski definition) is 3. The average molecular weight is 360 g/mol. The van der Waals surface area contributed by atoms with Gasteiger partial charge in [0.2, 0.25) is 0 Å². The van der Waals surface area contributed by atoms with Crippen LogP contribution >= 0.6 is 22.9 Å². The van der Waals surface area contributed by atoms with Gasteiger partial charge < -0.3 is 9.64 Å². The minimum absolute atomic E-state index is 0.0419. The van der Waals surface area contributed by atoms with Crippen LogP contribution in [-0.2, 0) is 6.61 Å². The summed E-state index contributed by atoms with van der Waals surface area (Å²) in [4.78, 5) is 14.6. The van der Waals surface area contributed by atoms with Gasteiger partial charge in [-0.25, -0.2) is 0 Å². The van der Waals surface area contributed by atoms with E-state index in [0.717, 1.165) is 25.5 Å². The van der Waals surface area contributed by atoms with Gasteiger partial charge in [-0.2, -0.15) is 0 Å². The van der Waals surface area contributed by atoms with E-state index in [-0.39, 0.29) is 5.91 Å². The second-order valence-corrected chi connectivity index (χ2v) is 7.32. The van der Waals surface area contributed by atoms with Gasteiger partial charge in [-0.15, -0.1) is 11.3 Å². The second-order valence-electron chi connectivity index (χ2n) is 5.80. The second kappa shape index (κ2) is 6.83. The maximum atomic E-state index is 12.1. The van der Waals surface area contributed by atoms with Gasteiger partial charge >= 0.3 is 0 Å². The zero-order valence-corrected chi connectivity index (χ0v) is 15.4. The molecule has 0 radical (unpaired) electrons. The van der Waals surface area contributed by atoms with E-state index in [1.807, 2.05) is 37.3 Å². The number of carbonyl (C=O) groups excluding carboxylic acids is 1. The molecular weight excluding hydrogens is 342 g/mol. The predicted octanol–water partition coefficient (Wildman–Crippen LogP) is 5.14. The van der Waals surface area contributed by atoms with Crippen LogP contribution in [0.2, 0.25) is 5.02 Å². The summed E-state index contributed by atoms with van der Waals surface area (Å²) in [6, 6.07) is 13.6. The summed E-state index contributed by atoms with van der Waals surface area (Å²) in [6.07, 6.45) is 0. The fourth-order valence-corrected chi connectivity index (χ4v) is 3.85. The van der Waals surface area contributed by atoms with Crippen LogP contribution < -0.4 is 4.74 Å². The number of benzene rings is 2. The molecule has 3 rings (SSSR count). The third-order valence-electron chi connectivity index (χ3n) is 3.80. The van der Waals surface area contributed by atoms with Crippen molar-refractivity contribution in [1.82, 2.24) is 4.90 Å². The number of amides is 1. The van der Waals surface area contributed by atoms with Crippen molar-refractivity contribution in [2.75, 3.05) is 14.1 Å². The van der Waals surface area contributed by atoms with E-state index in [2.05, 4.69) is 6.07 Å². The fourth-order valence-electron chi connectivity index (χ4n) is 2.45. The van der Waals surface area contributed by atoms with Crippen molar-refractivity contribution in [2.45, 2.75) is 13.5 Å². The standard InChI is InChI=1S/C19H18ClNO2S/c1-12-8-9-13(19(22)21(2)3)10-15(12)23-11-17-18(20)14-6-4-5-7-16(14)24-17/h4-10H,11H2,1-3H3. The number of thiophene rings is 1. The first-order chi connectivity index (χ1) is 11.5. The van der Waals surface area contributed by atoms with E-state index in [1.54, 1.807) is 36.4 Å². The van der Waals surface area contributed by atoms with Crippen molar-refractivity contribution in [2.24, 2.45) is 0 Å². The van der Waals surface area contributed by atoms with E-state index >= 15 is 0 Å². The lowest BCUT2D eigenvalue weighted by atomic mass is 10.1. The zero-order chi connectivity index (χ0) is 17.3. The molecule has 1 aromatic heterocycles. The summed E-state index contributed by atoms with van der Waals surface area (Å²) in [7, 11) is 3.47. The number of halogens is 1. The summed E-state index contributed by atoms with van der Waals surface area (Å²) in [6.45, 7) is 2.35. The number of ether oxygens (including phenoxy) is 1. The first kappa shape index (κ1) is 16.8. The van der Waals surface area contributed by atoms with Crippen LogP contribution in [0.15, 0.2) is 42.5 Å². The van der Waals surface area contributed by atoms with Crippen LogP contribution in [0.1, 0.15) is 20.8 Å². The molecule has 1 heterocycles. The molecule has 0 saturated heterocycles. The molecule has 0 saturated carbocycles. The molecule has 0 fully saturated rings. The van der Waals surface area contributed by atoms with Crippen LogP contribution in [-0.4, -0.2) is 24.9 Å². The summed E-state index contributed by atoms with van der Waals surface area (Å²) < 4.78 is 7.11. The Kier molecular flexibility index (Phi) is 4.78. The Hall–Kier alpha value is -2.04. The van der Waals surface area contributed by atoms with E-state index in [0.29, 0.717) is 17.9 Å². The molecule has 3 aromatic rings. The molecule has 0 unspecified atom stereocenters. The maximum Gasteiger partial charge on any atom is 0.253 e. The van der Waals surface area contributed by atoms with Crippen molar-refractivity contribution in [3.05, 3.63) is 63.5 Å². The van der Waals surface area contributed by atoms with E-state index in [9.17, 15) is 4.79 Å². The molecule has 0 aliphatic rings. The van der Waals surface area contributed by atoms with Crippen molar-refractivity contribution in [3.8, 4) is 5.75 Å². The first-order valence-corrected chi connectivity index (χ1v) is 8.78. The van der Waals surface area contributed by atoms with Gasteiger partial charge in [0.25, 0.3) is 5.91 Å². The van der Waals surface area contributed by atoms with E-state index in [1.165, 1.54) is 0 Å². The maximum absolute atomic E-state index is 12.1. The van der Waals surface area contributed by atoms with Crippen molar-refractivity contribution < 1.29 is 9.53 Å². The lowest BCUT2D eigenvalue weighted by molar-refractivity contribution is 0.0827. The lowest BCUT2D eigenvalue weighted by Gasteiger charge is -2.13. The summed E-state index contributed by atoms with van der Waals surface area (Å²) in [5.74, 6) is 0.663. The Morgan fingerprint density at radius 1 is 1.21 bits per heavy atom. The van der Waals surface area contributed by atoms with Crippen LogP contribution in [0.4, 0.5) is 0 Å². The normalized spacial score (nSPS) is 10.8. The number of aryl methyl sites for hydroxylation is 1. The molecule has 0 N–H and O–H groups in total. The highest BCUT2D eigenvalue weighted by Crippen LogP contribution is 2.36. The van der Waals surface area contributed by atoms with Crippen LogP contribution in [0, 0.1) is 6.92 Å². The van der Waals surface area contributed by atoms with Gasteiger partial charge in [0.1, 0.15) is 12.4 Å². The summed E-state index contributed by atoms with van der Waals surface area (Å²) in [5.41, 5.74) is 1.60. The summed E-state index contributed by atoms with van der Waals surface area (Å²) in [5, 5.41) is 1.80. The molecule has 0 spiro atoms. The highest BCUT2D eigenvalue weighted by molar-refractivity contribution is 7.19. The predicted molar refractivity (Wildman–Crippen MR) is 100 cm³/mol. The molecule has 0 bridgehead atoms. The van der Waals surface area contributed by atoms with E-state index < -0.39 is 0 Å². The quantitative estimate of drug-likeness (QED) is 0.645. The molecule has 124 valence electrons. The molecule has 24 heavy (non-hydrogen) atoms. The molecule has 1 amide bonds. The molecule has 2 aromatic carbocycles. The minimum Gasteiger partial charge on any atom is -0.488 e. The third kappa shape index (κ3) is 3.25. The zero-order valence-electron chi connectivity index (χ0n) is 13.8. The SMILES string of the molecule is Cc1ccc(C(=O)N(C)C)cc1OCc1sc2ccccc2c1Cl. The number of rotatable bonds is 4. The smallest absolute Gasteiger partial charge is 0.253 e. The molecule has 0 aliphatic heterocycles. The van der Waals surface area contributed by atoms with Gasteiger partial charge in [0, 0.05) is 29.7 Å². The first-order valence-electron chi connectivity index (χ1n) is 7.58. The largest absolute Gasteiger partial charge is 0.488 e. The molecule has 0 atom stereocenters.